The number of anilines is 1. The standard InChI is InChI=1S/C15H23NO/c1-12(14-4-2-3-5-14)16-15-8-6-13(7-9-15)10-11-17/h6-9,12,14,16-17H,2-5,10-11H2,1H3. The van der Waals surface area contributed by atoms with Crippen molar-refractivity contribution >= 4 is 5.69 Å². The van der Waals surface area contributed by atoms with Crippen molar-refractivity contribution in [2.75, 3.05) is 11.9 Å². The average Bonchev–Trinajstić information content (AvgIpc) is 2.86. The fraction of sp³-hybridized carbons (Fsp3) is 0.600. The SMILES string of the molecule is CC(Nc1ccc(CCO)cc1)C1CCCC1. The average molecular weight is 233 g/mol. The fourth-order valence-electron chi connectivity index (χ4n) is 2.73. The maximum absolute atomic E-state index is 8.86. The van der Waals surface area contributed by atoms with Gasteiger partial charge in [0.15, 0.2) is 0 Å². The van der Waals surface area contributed by atoms with Gasteiger partial charge in [-0.1, -0.05) is 25.0 Å². The van der Waals surface area contributed by atoms with Crippen LogP contribution in [0.25, 0.3) is 0 Å². The molecule has 1 aliphatic carbocycles. The molecule has 0 aromatic heterocycles. The number of nitrogens with one attached hydrogen (secondary N) is 1. The molecule has 1 fully saturated rings. The molecule has 2 N–H and O–H groups in total. The maximum atomic E-state index is 8.86. The molecule has 94 valence electrons. The van der Waals surface area contributed by atoms with Gasteiger partial charge in [0.2, 0.25) is 0 Å². The van der Waals surface area contributed by atoms with Crippen LogP contribution in [-0.2, 0) is 6.42 Å². The van der Waals surface area contributed by atoms with E-state index < -0.39 is 0 Å². The molecular weight excluding hydrogens is 210 g/mol. The lowest BCUT2D eigenvalue weighted by Gasteiger charge is -2.21. The van der Waals surface area contributed by atoms with Gasteiger partial charge >= 0.3 is 0 Å². The molecule has 0 saturated heterocycles. The van der Waals surface area contributed by atoms with E-state index in [4.69, 9.17) is 5.11 Å². The molecule has 1 aliphatic rings. The number of aliphatic hydroxyl groups is 1. The van der Waals surface area contributed by atoms with E-state index in [1.165, 1.54) is 36.9 Å². The fourth-order valence-corrected chi connectivity index (χ4v) is 2.73. The molecule has 2 nitrogen and oxygen atoms in total. The van der Waals surface area contributed by atoms with Crippen molar-refractivity contribution in [2.45, 2.75) is 45.1 Å². The van der Waals surface area contributed by atoms with Crippen LogP contribution in [-0.4, -0.2) is 17.8 Å². The van der Waals surface area contributed by atoms with Gasteiger partial charge in [0.25, 0.3) is 0 Å². The summed E-state index contributed by atoms with van der Waals surface area (Å²) in [5, 5.41) is 12.5. The molecule has 0 heterocycles. The van der Waals surface area contributed by atoms with Gasteiger partial charge in [0.1, 0.15) is 0 Å². The van der Waals surface area contributed by atoms with Crippen LogP contribution in [0.4, 0.5) is 5.69 Å². The van der Waals surface area contributed by atoms with E-state index >= 15 is 0 Å². The van der Waals surface area contributed by atoms with E-state index in [0.29, 0.717) is 6.04 Å². The third-order valence-corrected chi connectivity index (χ3v) is 3.86. The second-order valence-electron chi connectivity index (χ2n) is 5.15. The lowest BCUT2D eigenvalue weighted by Crippen LogP contribution is -2.23. The first kappa shape index (κ1) is 12.4. The Bertz CT molecular complexity index is 327. The van der Waals surface area contributed by atoms with Crippen molar-refractivity contribution in [2.24, 2.45) is 5.92 Å². The Hall–Kier alpha value is -1.02. The first-order chi connectivity index (χ1) is 8.29. The van der Waals surface area contributed by atoms with Crippen LogP contribution >= 0.6 is 0 Å². The van der Waals surface area contributed by atoms with E-state index in [1.54, 1.807) is 0 Å². The van der Waals surface area contributed by atoms with Crippen molar-refractivity contribution in [3.63, 3.8) is 0 Å². The summed E-state index contributed by atoms with van der Waals surface area (Å²) in [5.74, 6) is 0.840. The van der Waals surface area contributed by atoms with Crippen molar-refractivity contribution in [1.29, 1.82) is 0 Å². The molecule has 1 unspecified atom stereocenters. The van der Waals surface area contributed by atoms with E-state index in [1.807, 2.05) is 0 Å². The first-order valence-corrected chi connectivity index (χ1v) is 6.76. The van der Waals surface area contributed by atoms with Crippen LogP contribution in [0.5, 0.6) is 0 Å². The number of hydrogen-bond acceptors (Lipinski definition) is 2. The van der Waals surface area contributed by atoms with Gasteiger partial charge < -0.3 is 10.4 Å². The maximum Gasteiger partial charge on any atom is 0.0471 e. The topological polar surface area (TPSA) is 32.3 Å². The smallest absolute Gasteiger partial charge is 0.0471 e. The Morgan fingerprint density at radius 1 is 1.24 bits per heavy atom. The molecule has 0 radical (unpaired) electrons. The summed E-state index contributed by atoms with van der Waals surface area (Å²) in [6.45, 7) is 2.52. The Labute approximate surface area is 104 Å². The summed E-state index contributed by atoms with van der Waals surface area (Å²) >= 11 is 0. The zero-order valence-electron chi connectivity index (χ0n) is 10.7. The van der Waals surface area contributed by atoms with E-state index in [2.05, 4.69) is 36.5 Å². The molecule has 1 aromatic carbocycles. The largest absolute Gasteiger partial charge is 0.396 e. The van der Waals surface area contributed by atoms with Crippen LogP contribution < -0.4 is 5.32 Å². The number of rotatable bonds is 5. The number of benzene rings is 1. The molecule has 2 rings (SSSR count). The predicted molar refractivity (Wildman–Crippen MR) is 72.3 cm³/mol. The quantitative estimate of drug-likeness (QED) is 0.818. The molecule has 17 heavy (non-hydrogen) atoms. The molecule has 2 heteroatoms. The second kappa shape index (κ2) is 6.06. The Balaban J connectivity index is 1.89. The zero-order valence-corrected chi connectivity index (χ0v) is 10.7. The van der Waals surface area contributed by atoms with Crippen molar-refractivity contribution in [3.8, 4) is 0 Å². The van der Waals surface area contributed by atoms with Gasteiger partial charge in [-0.2, -0.15) is 0 Å². The monoisotopic (exact) mass is 233 g/mol. The highest BCUT2D eigenvalue weighted by Crippen LogP contribution is 2.29. The molecular formula is C15H23NO. The molecule has 0 aliphatic heterocycles. The van der Waals surface area contributed by atoms with Crippen molar-refractivity contribution < 1.29 is 5.11 Å². The van der Waals surface area contributed by atoms with Gasteiger partial charge in [-0.3, -0.25) is 0 Å². The minimum absolute atomic E-state index is 0.227. The highest BCUT2D eigenvalue weighted by molar-refractivity contribution is 5.45. The predicted octanol–water partition coefficient (Wildman–Crippen LogP) is 3.21. The van der Waals surface area contributed by atoms with Crippen molar-refractivity contribution in [1.82, 2.24) is 0 Å². The van der Waals surface area contributed by atoms with Crippen LogP contribution in [0.2, 0.25) is 0 Å². The lowest BCUT2D eigenvalue weighted by molar-refractivity contribution is 0.299. The minimum atomic E-state index is 0.227. The van der Waals surface area contributed by atoms with Gasteiger partial charge in [0.05, 0.1) is 0 Å². The highest BCUT2D eigenvalue weighted by atomic mass is 16.2. The Morgan fingerprint density at radius 3 is 2.47 bits per heavy atom. The van der Waals surface area contributed by atoms with Gasteiger partial charge in [-0.05, 0) is 49.8 Å². The molecule has 0 bridgehead atoms. The summed E-state index contributed by atoms with van der Waals surface area (Å²) in [5.41, 5.74) is 2.40. The highest BCUT2D eigenvalue weighted by Gasteiger charge is 2.21. The Kier molecular flexibility index (Phi) is 4.43. The molecule has 1 saturated carbocycles. The summed E-state index contributed by atoms with van der Waals surface area (Å²) in [7, 11) is 0. The van der Waals surface area contributed by atoms with E-state index in [-0.39, 0.29) is 6.61 Å². The van der Waals surface area contributed by atoms with Gasteiger partial charge in [0, 0.05) is 18.3 Å². The first-order valence-electron chi connectivity index (χ1n) is 6.76. The van der Waals surface area contributed by atoms with E-state index in [9.17, 15) is 0 Å². The Morgan fingerprint density at radius 2 is 1.88 bits per heavy atom. The van der Waals surface area contributed by atoms with Gasteiger partial charge in [-0.25, -0.2) is 0 Å². The molecule has 1 atom stereocenters. The van der Waals surface area contributed by atoms with E-state index in [0.717, 1.165) is 12.3 Å². The third-order valence-electron chi connectivity index (χ3n) is 3.86. The lowest BCUT2D eigenvalue weighted by atomic mass is 9.99. The molecule has 0 amide bonds. The van der Waals surface area contributed by atoms with Crippen molar-refractivity contribution in [3.05, 3.63) is 29.8 Å². The summed E-state index contributed by atoms with van der Waals surface area (Å²) < 4.78 is 0. The second-order valence-corrected chi connectivity index (χ2v) is 5.15. The summed E-state index contributed by atoms with van der Waals surface area (Å²) in [6, 6.07) is 9.01. The van der Waals surface area contributed by atoms with Crippen LogP contribution in [0.3, 0.4) is 0 Å². The number of hydrogen-bond donors (Lipinski definition) is 2. The van der Waals surface area contributed by atoms with Crippen LogP contribution in [0, 0.1) is 5.92 Å². The molecule has 1 aromatic rings. The van der Waals surface area contributed by atoms with Gasteiger partial charge in [-0.15, -0.1) is 0 Å². The molecule has 0 spiro atoms. The number of aliphatic hydroxyl groups excluding tert-OH is 1. The summed E-state index contributed by atoms with van der Waals surface area (Å²) in [4.78, 5) is 0. The minimum Gasteiger partial charge on any atom is -0.396 e. The zero-order chi connectivity index (χ0) is 12.1. The van der Waals surface area contributed by atoms with Crippen LogP contribution in [0.1, 0.15) is 38.2 Å². The normalized spacial score (nSPS) is 18.2. The van der Waals surface area contributed by atoms with Crippen LogP contribution in [0.15, 0.2) is 24.3 Å². The summed E-state index contributed by atoms with van der Waals surface area (Å²) in [6.07, 6.45) is 6.28. The third kappa shape index (κ3) is 3.47.